The van der Waals surface area contributed by atoms with Gasteiger partial charge in [0.2, 0.25) is 0 Å². The van der Waals surface area contributed by atoms with Crippen LogP contribution in [-0.4, -0.2) is 21.9 Å². The second kappa shape index (κ2) is 4.29. The van der Waals surface area contributed by atoms with Crippen molar-refractivity contribution in [2.24, 2.45) is 4.99 Å². The van der Waals surface area contributed by atoms with Crippen molar-refractivity contribution in [2.75, 3.05) is 11.5 Å². The largest absolute Gasteiger partial charge is 0.269 e. The molecular formula is C7H13NS2. The fraction of sp³-hybridized carbons (Fsp3) is 0.857. The molecule has 0 bridgehead atoms. The molecule has 1 fully saturated rings. The first-order valence-electron chi connectivity index (χ1n) is 3.66. The van der Waals surface area contributed by atoms with Crippen LogP contribution in [0.3, 0.4) is 0 Å². The van der Waals surface area contributed by atoms with Gasteiger partial charge in [0.05, 0.1) is 0 Å². The zero-order valence-electron chi connectivity index (χ0n) is 6.46. The standard InChI is InChI=1S/C7H13NS2/c1-3-6(2)8-7-9-4-5-10-7/h6H,3-5H2,1-2H3. The molecule has 0 amide bonds. The average Bonchev–Trinajstić information content (AvgIpc) is 2.40. The van der Waals surface area contributed by atoms with Crippen molar-refractivity contribution in [1.29, 1.82) is 0 Å². The Balaban J connectivity index is 2.37. The van der Waals surface area contributed by atoms with Crippen LogP contribution < -0.4 is 0 Å². The van der Waals surface area contributed by atoms with Crippen molar-refractivity contribution in [3.63, 3.8) is 0 Å². The molecule has 1 saturated heterocycles. The van der Waals surface area contributed by atoms with E-state index in [1.54, 1.807) is 0 Å². The molecule has 0 aromatic heterocycles. The van der Waals surface area contributed by atoms with Gasteiger partial charge in [0.25, 0.3) is 0 Å². The third-order valence-corrected chi connectivity index (χ3v) is 3.94. The summed E-state index contributed by atoms with van der Waals surface area (Å²) in [6, 6.07) is 0.521. The van der Waals surface area contributed by atoms with Gasteiger partial charge in [0, 0.05) is 17.5 Å². The molecule has 10 heavy (non-hydrogen) atoms. The molecule has 3 heteroatoms. The number of hydrogen-bond acceptors (Lipinski definition) is 3. The number of hydrogen-bond donors (Lipinski definition) is 0. The van der Waals surface area contributed by atoms with Crippen molar-refractivity contribution < 1.29 is 0 Å². The maximum atomic E-state index is 4.54. The van der Waals surface area contributed by atoms with Gasteiger partial charge in [0.1, 0.15) is 4.38 Å². The average molecular weight is 175 g/mol. The Morgan fingerprint density at radius 2 is 2.10 bits per heavy atom. The number of nitrogens with zero attached hydrogens (tertiary/aromatic N) is 1. The summed E-state index contributed by atoms with van der Waals surface area (Å²) in [4.78, 5) is 4.54. The molecule has 0 saturated carbocycles. The molecule has 0 N–H and O–H groups in total. The summed E-state index contributed by atoms with van der Waals surface area (Å²) in [5, 5.41) is 0. The van der Waals surface area contributed by atoms with Crippen LogP contribution in [0.2, 0.25) is 0 Å². The van der Waals surface area contributed by atoms with Crippen molar-refractivity contribution in [3.05, 3.63) is 0 Å². The molecule has 1 nitrogen and oxygen atoms in total. The van der Waals surface area contributed by atoms with Gasteiger partial charge in [0.15, 0.2) is 0 Å². The predicted octanol–water partition coefficient (Wildman–Crippen LogP) is 2.62. The van der Waals surface area contributed by atoms with E-state index < -0.39 is 0 Å². The van der Waals surface area contributed by atoms with E-state index in [1.165, 1.54) is 15.9 Å². The highest BCUT2D eigenvalue weighted by Crippen LogP contribution is 2.26. The molecule has 1 aliphatic heterocycles. The van der Waals surface area contributed by atoms with Crippen LogP contribution in [0, 0.1) is 0 Å². The molecule has 1 heterocycles. The quantitative estimate of drug-likeness (QED) is 0.639. The first-order valence-corrected chi connectivity index (χ1v) is 5.63. The van der Waals surface area contributed by atoms with Gasteiger partial charge in [-0.1, -0.05) is 30.4 Å². The summed E-state index contributed by atoms with van der Waals surface area (Å²) in [5.41, 5.74) is 0. The lowest BCUT2D eigenvalue weighted by atomic mass is 10.3. The Hall–Kier alpha value is 0.370. The molecular weight excluding hydrogens is 162 g/mol. The summed E-state index contributed by atoms with van der Waals surface area (Å²) in [7, 11) is 0. The SMILES string of the molecule is CCC(C)N=C1SCCS1. The molecule has 0 radical (unpaired) electrons. The summed E-state index contributed by atoms with van der Waals surface area (Å²) in [6.45, 7) is 4.35. The van der Waals surface area contributed by atoms with E-state index in [0.717, 1.165) is 6.42 Å². The zero-order valence-corrected chi connectivity index (χ0v) is 8.10. The summed E-state index contributed by atoms with van der Waals surface area (Å²) in [6.07, 6.45) is 1.16. The van der Waals surface area contributed by atoms with E-state index in [0.29, 0.717) is 6.04 Å². The van der Waals surface area contributed by atoms with Crippen LogP contribution in [0.5, 0.6) is 0 Å². The van der Waals surface area contributed by atoms with Gasteiger partial charge in [-0.2, -0.15) is 0 Å². The highest BCUT2D eigenvalue weighted by atomic mass is 32.2. The van der Waals surface area contributed by atoms with Crippen molar-refractivity contribution in [3.8, 4) is 0 Å². The molecule has 0 spiro atoms. The van der Waals surface area contributed by atoms with E-state index in [4.69, 9.17) is 0 Å². The Labute approximate surface area is 71.1 Å². The third kappa shape index (κ3) is 2.54. The van der Waals surface area contributed by atoms with Gasteiger partial charge in [-0.05, 0) is 13.3 Å². The smallest absolute Gasteiger partial charge is 0.124 e. The maximum Gasteiger partial charge on any atom is 0.124 e. The first kappa shape index (κ1) is 8.47. The molecule has 58 valence electrons. The third-order valence-electron chi connectivity index (χ3n) is 1.45. The van der Waals surface area contributed by atoms with Gasteiger partial charge in [-0.25, -0.2) is 0 Å². The lowest BCUT2D eigenvalue weighted by Gasteiger charge is -2.01. The van der Waals surface area contributed by atoms with Crippen LogP contribution in [0.15, 0.2) is 4.99 Å². The van der Waals surface area contributed by atoms with Crippen LogP contribution in [0.4, 0.5) is 0 Å². The minimum absolute atomic E-state index is 0.521. The first-order chi connectivity index (χ1) is 4.83. The Morgan fingerprint density at radius 3 is 2.60 bits per heavy atom. The Morgan fingerprint density at radius 1 is 1.50 bits per heavy atom. The molecule has 1 unspecified atom stereocenters. The van der Waals surface area contributed by atoms with Crippen LogP contribution >= 0.6 is 23.5 Å². The van der Waals surface area contributed by atoms with E-state index in [-0.39, 0.29) is 0 Å². The number of thioether (sulfide) groups is 2. The normalized spacial score (nSPS) is 21.2. The molecule has 0 aromatic rings. The second-order valence-electron chi connectivity index (χ2n) is 2.35. The fourth-order valence-electron chi connectivity index (χ4n) is 0.645. The summed E-state index contributed by atoms with van der Waals surface area (Å²) in [5.74, 6) is 2.50. The minimum Gasteiger partial charge on any atom is -0.269 e. The van der Waals surface area contributed by atoms with Crippen LogP contribution in [-0.2, 0) is 0 Å². The highest BCUT2D eigenvalue weighted by molar-refractivity contribution is 8.41. The minimum atomic E-state index is 0.521. The predicted molar refractivity (Wildman–Crippen MR) is 52.1 cm³/mol. The van der Waals surface area contributed by atoms with E-state index in [1.807, 2.05) is 23.5 Å². The topological polar surface area (TPSA) is 12.4 Å². The Kier molecular flexibility index (Phi) is 3.63. The molecule has 1 atom stereocenters. The van der Waals surface area contributed by atoms with E-state index in [9.17, 15) is 0 Å². The lowest BCUT2D eigenvalue weighted by Crippen LogP contribution is -1.96. The van der Waals surface area contributed by atoms with Crippen molar-refractivity contribution in [1.82, 2.24) is 0 Å². The monoisotopic (exact) mass is 175 g/mol. The maximum absolute atomic E-state index is 4.54. The fourth-order valence-corrected chi connectivity index (χ4v) is 3.00. The van der Waals surface area contributed by atoms with Crippen molar-refractivity contribution >= 4 is 27.9 Å². The van der Waals surface area contributed by atoms with Crippen molar-refractivity contribution in [2.45, 2.75) is 26.3 Å². The number of rotatable bonds is 2. The van der Waals surface area contributed by atoms with Gasteiger partial charge >= 0.3 is 0 Å². The molecule has 1 aliphatic rings. The van der Waals surface area contributed by atoms with Crippen LogP contribution in [0.25, 0.3) is 0 Å². The van der Waals surface area contributed by atoms with Gasteiger partial charge in [-0.15, -0.1) is 0 Å². The molecule has 0 aromatic carbocycles. The van der Waals surface area contributed by atoms with Gasteiger partial charge < -0.3 is 0 Å². The van der Waals surface area contributed by atoms with Crippen LogP contribution in [0.1, 0.15) is 20.3 Å². The molecule has 1 rings (SSSR count). The Bertz CT molecular complexity index is 126. The summed E-state index contributed by atoms with van der Waals surface area (Å²) < 4.78 is 1.30. The highest BCUT2D eigenvalue weighted by Gasteiger charge is 2.09. The van der Waals surface area contributed by atoms with E-state index >= 15 is 0 Å². The van der Waals surface area contributed by atoms with Gasteiger partial charge in [-0.3, -0.25) is 4.99 Å². The number of aliphatic imine (C=N–C) groups is 1. The van der Waals surface area contributed by atoms with E-state index in [2.05, 4.69) is 18.8 Å². The summed E-state index contributed by atoms with van der Waals surface area (Å²) >= 11 is 3.80. The zero-order chi connectivity index (χ0) is 7.40. The lowest BCUT2D eigenvalue weighted by molar-refractivity contribution is 0.721. The molecule has 0 aliphatic carbocycles. The second-order valence-corrected chi connectivity index (χ2v) is 4.77.